The molecule has 0 bridgehead atoms. The number of rotatable bonds is 5. The topological polar surface area (TPSA) is 99.4 Å². The number of aryl methyl sites for hydroxylation is 1. The van der Waals surface area contributed by atoms with Crippen molar-refractivity contribution in [3.05, 3.63) is 57.9 Å². The maximum absolute atomic E-state index is 12.6. The fourth-order valence-corrected chi connectivity index (χ4v) is 2.91. The number of esters is 1. The predicted molar refractivity (Wildman–Crippen MR) is 91.3 cm³/mol. The second-order valence-electron chi connectivity index (χ2n) is 5.90. The molecular formula is C19H20N2O4. The van der Waals surface area contributed by atoms with Gasteiger partial charge in [0.25, 0.3) is 0 Å². The Kier molecular flexibility index (Phi) is 5.60. The summed E-state index contributed by atoms with van der Waals surface area (Å²) in [4.78, 5) is 24.4. The summed E-state index contributed by atoms with van der Waals surface area (Å²) in [7, 11) is 0. The molecule has 1 heterocycles. The lowest BCUT2D eigenvalue weighted by atomic mass is 9.80. The van der Waals surface area contributed by atoms with E-state index in [1.165, 1.54) is 0 Å². The van der Waals surface area contributed by atoms with E-state index in [-0.39, 0.29) is 24.2 Å². The molecular weight excluding hydrogens is 320 g/mol. The number of aliphatic carboxylic acids is 1. The van der Waals surface area contributed by atoms with Gasteiger partial charge in [0.15, 0.2) is 0 Å². The zero-order valence-corrected chi connectivity index (χ0v) is 14.4. The number of hydrogen-bond acceptors (Lipinski definition) is 5. The minimum Gasteiger partial charge on any atom is -0.478 e. The van der Waals surface area contributed by atoms with Gasteiger partial charge in [-0.25, -0.2) is 9.59 Å². The van der Waals surface area contributed by atoms with Crippen LogP contribution in [0, 0.1) is 18.3 Å². The molecule has 0 radical (unpaired) electrons. The Hall–Kier alpha value is -3.07. The van der Waals surface area contributed by atoms with Crippen LogP contribution < -0.4 is 5.32 Å². The Balaban J connectivity index is 2.52. The van der Waals surface area contributed by atoms with Crippen LogP contribution in [-0.2, 0) is 14.3 Å². The van der Waals surface area contributed by atoms with Gasteiger partial charge in [0, 0.05) is 11.4 Å². The number of ether oxygens (including phenoxy) is 1. The molecule has 25 heavy (non-hydrogen) atoms. The van der Waals surface area contributed by atoms with Crippen molar-refractivity contribution in [1.82, 2.24) is 5.32 Å². The van der Waals surface area contributed by atoms with Crippen molar-refractivity contribution in [1.29, 1.82) is 5.26 Å². The standard InChI is InChI=1S/C19H20N2O4/c1-11-5-7-14(8-6-11)17-15(18(22)23)12(2)21-13(3)16(17)19(24)25-10-4-9-20/h5-8,17,21H,4,10H2,1-3H3,(H,22,23). The highest BCUT2D eigenvalue weighted by molar-refractivity contribution is 5.99. The molecule has 0 fully saturated rings. The molecule has 0 amide bonds. The van der Waals surface area contributed by atoms with E-state index in [9.17, 15) is 14.7 Å². The molecule has 1 aromatic rings. The van der Waals surface area contributed by atoms with Gasteiger partial charge in [0.2, 0.25) is 0 Å². The van der Waals surface area contributed by atoms with Crippen molar-refractivity contribution in [3.63, 3.8) is 0 Å². The number of hydrogen-bond donors (Lipinski definition) is 2. The molecule has 1 atom stereocenters. The first-order chi connectivity index (χ1) is 11.9. The quantitative estimate of drug-likeness (QED) is 0.631. The molecule has 0 aliphatic carbocycles. The monoisotopic (exact) mass is 340 g/mol. The second-order valence-corrected chi connectivity index (χ2v) is 5.90. The van der Waals surface area contributed by atoms with Crippen molar-refractivity contribution in [2.75, 3.05) is 6.61 Å². The first kappa shape index (κ1) is 18.3. The van der Waals surface area contributed by atoms with E-state index < -0.39 is 17.9 Å². The van der Waals surface area contributed by atoms with E-state index in [1.807, 2.05) is 37.3 Å². The van der Waals surface area contributed by atoms with Crippen molar-refractivity contribution in [2.45, 2.75) is 33.1 Å². The van der Waals surface area contributed by atoms with E-state index in [0.29, 0.717) is 17.0 Å². The number of carbonyl (C=O) groups is 2. The van der Waals surface area contributed by atoms with Gasteiger partial charge in [-0.3, -0.25) is 0 Å². The van der Waals surface area contributed by atoms with Gasteiger partial charge < -0.3 is 15.2 Å². The first-order valence-electron chi connectivity index (χ1n) is 7.89. The number of nitrogens with zero attached hydrogens (tertiary/aromatic N) is 1. The lowest BCUT2D eigenvalue weighted by Crippen LogP contribution is -2.31. The number of dihydropyridines is 1. The van der Waals surface area contributed by atoms with Crippen LogP contribution in [0.1, 0.15) is 37.3 Å². The van der Waals surface area contributed by atoms with Crippen LogP contribution in [-0.4, -0.2) is 23.7 Å². The molecule has 0 saturated carbocycles. The highest BCUT2D eigenvalue weighted by atomic mass is 16.5. The Morgan fingerprint density at radius 1 is 1.16 bits per heavy atom. The zero-order chi connectivity index (χ0) is 18.6. The van der Waals surface area contributed by atoms with Gasteiger partial charge in [-0.1, -0.05) is 29.8 Å². The van der Waals surface area contributed by atoms with Crippen molar-refractivity contribution in [3.8, 4) is 6.07 Å². The number of carboxylic acid groups (broad SMARTS) is 1. The number of allylic oxidation sites excluding steroid dienone is 2. The third-order valence-electron chi connectivity index (χ3n) is 4.07. The molecule has 0 spiro atoms. The van der Waals surface area contributed by atoms with E-state index in [4.69, 9.17) is 10.00 Å². The summed E-state index contributed by atoms with van der Waals surface area (Å²) in [5, 5.41) is 21.2. The van der Waals surface area contributed by atoms with Gasteiger partial charge >= 0.3 is 11.9 Å². The molecule has 0 saturated heterocycles. The van der Waals surface area contributed by atoms with Crippen LogP contribution >= 0.6 is 0 Å². The molecule has 1 aromatic carbocycles. The summed E-state index contributed by atoms with van der Waals surface area (Å²) in [6.45, 7) is 5.29. The van der Waals surface area contributed by atoms with E-state index in [1.54, 1.807) is 13.8 Å². The van der Waals surface area contributed by atoms with Gasteiger partial charge in [-0.2, -0.15) is 5.26 Å². The average Bonchev–Trinajstić information content (AvgIpc) is 2.54. The van der Waals surface area contributed by atoms with Crippen molar-refractivity contribution < 1.29 is 19.4 Å². The molecule has 1 aliphatic heterocycles. The Bertz CT molecular complexity index is 798. The van der Waals surface area contributed by atoms with E-state index in [2.05, 4.69) is 5.32 Å². The molecule has 0 aromatic heterocycles. The molecule has 2 rings (SSSR count). The predicted octanol–water partition coefficient (Wildman–Crippen LogP) is 2.77. The van der Waals surface area contributed by atoms with E-state index >= 15 is 0 Å². The van der Waals surface area contributed by atoms with Gasteiger partial charge in [-0.05, 0) is 26.3 Å². The number of nitriles is 1. The highest BCUT2D eigenvalue weighted by Gasteiger charge is 2.37. The van der Waals surface area contributed by atoms with Gasteiger partial charge in [0.05, 0.1) is 29.6 Å². The van der Waals surface area contributed by atoms with Gasteiger partial charge in [-0.15, -0.1) is 0 Å². The first-order valence-corrected chi connectivity index (χ1v) is 7.89. The Labute approximate surface area is 146 Å². The summed E-state index contributed by atoms with van der Waals surface area (Å²) in [5.41, 5.74) is 3.15. The summed E-state index contributed by atoms with van der Waals surface area (Å²) >= 11 is 0. The van der Waals surface area contributed by atoms with E-state index in [0.717, 1.165) is 5.56 Å². The SMILES string of the molecule is CC1=C(C(=O)O)C(c2ccc(C)cc2)C(C(=O)OCCC#N)=C(C)N1. The fourth-order valence-electron chi connectivity index (χ4n) is 2.91. The minimum atomic E-state index is -1.09. The molecule has 130 valence electrons. The normalized spacial score (nSPS) is 17.0. The summed E-state index contributed by atoms with van der Waals surface area (Å²) < 4.78 is 5.16. The smallest absolute Gasteiger partial charge is 0.336 e. The minimum absolute atomic E-state index is 0.0299. The number of carbonyl (C=O) groups excluding carboxylic acids is 1. The van der Waals surface area contributed by atoms with Gasteiger partial charge in [0.1, 0.15) is 6.61 Å². The van der Waals surface area contributed by atoms with Crippen LogP contribution in [0.25, 0.3) is 0 Å². The fraction of sp³-hybridized carbons (Fsp3) is 0.316. The van der Waals surface area contributed by atoms with Crippen LogP contribution in [0.2, 0.25) is 0 Å². The number of carboxylic acids is 1. The second kappa shape index (κ2) is 7.67. The Morgan fingerprint density at radius 2 is 1.76 bits per heavy atom. The number of nitrogens with one attached hydrogen (secondary N) is 1. The maximum atomic E-state index is 12.6. The summed E-state index contributed by atoms with van der Waals surface area (Å²) in [6, 6.07) is 9.29. The third-order valence-corrected chi connectivity index (χ3v) is 4.07. The Morgan fingerprint density at radius 3 is 2.32 bits per heavy atom. The van der Waals surface area contributed by atoms with Crippen LogP contribution in [0.3, 0.4) is 0 Å². The molecule has 6 nitrogen and oxygen atoms in total. The lowest BCUT2D eigenvalue weighted by molar-refractivity contribution is -0.139. The highest BCUT2D eigenvalue weighted by Crippen LogP contribution is 2.38. The van der Waals surface area contributed by atoms with Crippen molar-refractivity contribution in [2.24, 2.45) is 0 Å². The summed E-state index contributed by atoms with van der Waals surface area (Å²) in [6.07, 6.45) is 0.0847. The van der Waals surface area contributed by atoms with Crippen LogP contribution in [0.15, 0.2) is 46.8 Å². The van der Waals surface area contributed by atoms with Crippen molar-refractivity contribution >= 4 is 11.9 Å². The average molecular weight is 340 g/mol. The molecule has 6 heteroatoms. The van der Waals surface area contributed by atoms with Crippen LogP contribution in [0.4, 0.5) is 0 Å². The maximum Gasteiger partial charge on any atom is 0.336 e. The number of benzene rings is 1. The zero-order valence-electron chi connectivity index (χ0n) is 14.4. The lowest BCUT2D eigenvalue weighted by Gasteiger charge is -2.29. The van der Waals surface area contributed by atoms with Crippen LogP contribution in [0.5, 0.6) is 0 Å². The molecule has 1 unspecified atom stereocenters. The molecule has 1 aliphatic rings. The summed E-state index contributed by atoms with van der Waals surface area (Å²) in [5.74, 6) is -2.43. The molecule has 2 N–H and O–H groups in total. The third kappa shape index (κ3) is 3.89. The largest absolute Gasteiger partial charge is 0.478 e.